The van der Waals surface area contributed by atoms with Crippen LogP contribution in [0.4, 0.5) is 11.6 Å². The predicted octanol–water partition coefficient (Wildman–Crippen LogP) is 2.54. The molecule has 1 aliphatic rings. The monoisotopic (exact) mass is 363 g/mol. The van der Waals surface area contributed by atoms with Gasteiger partial charge in [-0.15, -0.1) is 5.10 Å². The Morgan fingerprint density at radius 1 is 1.26 bits per heavy atom. The van der Waals surface area contributed by atoms with Gasteiger partial charge in [0.2, 0.25) is 5.52 Å². The number of hydrogen-bond donors (Lipinski definition) is 1. The van der Waals surface area contributed by atoms with Crippen molar-refractivity contribution in [3.63, 3.8) is 0 Å². The average Bonchev–Trinajstić information content (AvgIpc) is 3.08. The lowest BCUT2D eigenvalue weighted by Crippen LogP contribution is -2.28. The molecule has 0 amide bonds. The second kappa shape index (κ2) is 6.79. The summed E-state index contributed by atoms with van der Waals surface area (Å²) in [5.74, 6) is 1.70. The minimum atomic E-state index is 0.0894. The molecule has 0 saturated carbocycles. The predicted molar refractivity (Wildman–Crippen MR) is 104 cm³/mol. The van der Waals surface area contributed by atoms with Crippen LogP contribution in [-0.2, 0) is 0 Å². The fourth-order valence-corrected chi connectivity index (χ4v) is 3.09. The second-order valence-electron chi connectivity index (χ2n) is 7.07. The first-order chi connectivity index (χ1) is 13.0. The molecule has 0 spiro atoms. The molecule has 1 atom stereocenters. The van der Waals surface area contributed by atoms with Gasteiger partial charge in [-0.3, -0.25) is 5.01 Å². The van der Waals surface area contributed by atoms with Crippen molar-refractivity contribution in [2.45, 2.75) is 25.7 Å². The van der Waals surface area contributed by atoms with E-state index in [2.05, 4.69) is 39.4 Å². The number of aromatic nitrogens is 4. The van der Waals surface area contributed by atoms with Crippen LogP contribution < -0.4 is 10.0 Å². The van der Waals surface area contributed by atoms with Gasteiger partial charge in [-0.1, -0.05) is 13.8 Å². The molecule has 0 aromatic carbocycles. The quantitative estimate of drug-likeness (QED) is 0.566. The fraction of sp³-hybridized carbons (Fsp3) is 0.316. The Morgan fingerprint density at radius 2 is 2.11 bits per heavy atom. The summed E-state index contributed by atoms with van der Waals surface area (Å²) < 4.78 is 0.868. The van der Waals surface area contributed by atoms with Gasteiger partial charge in [0.1, 0.15) is 11.3 Å². The third-order valence-electron chi connectivity index (χ3n) is 4.64. The van der Waals surface area contributed by atoms with Crippen LogP contribution in [0.5, 0.6) is 0 Å². The first kappa shape index (κ1) is 17.1. The van der Waals surface area contributed by atoms with E-state index in [1.807, 2.05) is 30.4 Å². The van der Waals surface area contributed by atoms with E-state index in [0.29, 0.717) is 28.6 Å². The number of nitrogens with one attached hydrogen (secondary N) is 1. The molecule has 3 aromatic heterocycles. The second-order valence-corrected chi connectivity index (χ2v) is 7.07. The molecule has 0 radical (unpaired) electrons. The third-order valence-corrected chi connectivity index (χ3v) is 4.64. The molecule has 0 bridgehead atoms. The van der Waals surface area contributed by atoms with Crippen molar-refractivity contribution in [1.29, 1.82) is 0 Å². The molecule has 0 saturated heterocycles. The molecule has 0 fully saturated rings. The molecule has 1 unspecified atom stereocenters. The highest BCUT2D eigenvalue weighted by Gasteiger charge is 2.21. The molecular weight excluding hydrogens is 342 g/mol. The fourth-order valence-electron chi connectivity index (χ4n) is 3.09. The Morgan fingerprint density at radius 3 is 2.85 bits per heavy atom. The van der Waals surface area contributed by atoms with Gasteiger partial charge in [-0.25, -0.2) is 4.98 Å². The highest BCUT2D eigenvalue weighted by atomic mass is 16.5. The van der Waals surface area contributed by atoms with Gasteiger partial charge in [0.15, 0.2) is 12.0 Å². The zero-order valence-corrected chi connectivity index (χ0v) is 15.5. The van der Waals surface area contributed by atoms with Crippen LogP contribution in [0, 0.1) is 5.21 Å². The molecule has 138 valence electrons. The first-order valence-electron chi connectivity index (χ1n) is 8.88. The summed E-state index contributed by atoms with van der Waals surface area (Å²) in [6.45, 7) is 4.96. The van der Waals surface area contributed by atoms with E-state index < -0.39 is 0 Å². The molecule has 8 nitrogen and oxygen atoms in total. The smallest absolute Gasteiger partial charge is 0.242 e. The minimum absolute atomic E-state index is 0.0894. The lowest BCUT2D eigenvalue weighted by Gasteiger charge is -2.12. The van der Waals surface area contributed by atoms with Crippen LogP contribution in [0.25, 0.3) is 11.0 Å². The summed E-state index contributed by atoms with van der Waals surface area (Å²) in [5.41, 5.74) is 3.15. The Labute approximate surface area is 157 Å². The summed E-state index contributed by atoms with van der Waals surface area (Å²) in [5, 5.41) is 29.8. The zero-order valence-electron chi connectivity index (χ0n) is 15.5. The first-order valence-corrected chi connectivity index (χ1v) is 8.88. The molecule has 1 N–H and O–H groups in total. The standard InChI is InChI=1S/C19H21N7O/c1-12(2)13-7-19(24-20-8-13)23-18-5-4-17-16(22-18)6-14(11-26(17)27)15-9-21-25(3)10-15/h4-9,11-12,15H,10H2,1-3H3,(H,22,23,24). The lowest BCUT2D eigenvalue weighted by atomic mass is 10.0. The van der Waals surface area contributed by atoms with Gasteiger partial charge >= 0.3 is 0 Å². The van der Waals surface area contributed by atoms with E-state index in [1.165, 1.54) is 0 Å². The molecule has 4 rings (SSSR count). The summed E-state index contributed by atoms with van der Waals surface area (Å²) in [6, 6.07) is 7.43. The molecule has 0 aliphatic carbocycles. The van der Waals surface area contributed by atoms with Crippen molar-refractivity contribution in [3.8, 4) is 0 Å². The van der Waals surface area contributed by atoms with E-state index in [-0.39, 0.29) is 5.92 Å². The Hall–Kier alpha value is -3.29. The topological polar surface area (TPSA) is 93.2 Å². The Kier molecular flexibility index (Phi) is 4.31. The van der Waals surface area contributed by atoms with Crippen molar-refractivity contribution in [2.24, 2.45) is 5.10 Å². The summed E-state index contributed by atoms with van der Waals surface area (Å²) in [4.78, 5) is 4.60. The van der Waals surface area contributed by atoms with Crippen LogP contribution in [-0.4, -0.2) is 40.0 Å². The number of pyridine rings is 2. The number of hydrazone groups is 1. The normalized spacial score (nSPS) is 16.4. The molecule has 27 heavy (non-hydrogen) atoms. The summed E-state index contributed by atoms with van der Waals surface area (Å²) in [7, 11) is 1.91. The van der Waals surface area contributed by atoms with Crippen molar-refractivity contribution in [1.82, 2.24) is 20.2 Å². The van der Waals surface area contributed by atoms with Crippen molar-refractivity contribution >= 4 is 28.9 Å². The van der Waals surface area contributed by atoms with Gasteiger partial charge in [0.25, 0.3) is 0 Å². The maximum absolute atomic E-state index is 12.4. The highest BCUT2D eigenvalue weighted by molar-refractivity contribution is 5.77. The Bertz CT molecular complexity index is 1020. The van der Waals surface area contributed by atoms with E-state index in [1.54, 1.807) is 24.5 Å². The SMILES string of the molecule is CC(C)c1cnnc(Nc2ccc3c(cc(C4C=NN(C)C4)c[n+]3[O-])n2)c1. The average molecular weight is 363 g/mol. The summed E-state index contributed by atoms with van der Waals surface area (Å²) >= 11 is 0. The van der Waals surface area contributed by atoms with Gasteiger partial charge in [-0.2, -0.15) is 14.9 Å². The third kappa shape index (κ3) is 3.51. The summed E-state index contributed by atoms with van der Waals surface area (Å²) in [6.07, 6.45) is 5.22. The van der Waals surface area contributed by atoms with Crippen molar-refractivity contribution in [3.05, 3.63) is 53.0 Å². The zero-order chi connectivity index (χ0) is 19.0. The van der Waals surface area contributed by atoms with Crippen molar-refractivity contribution < 1.29 is 4.73 Å². The maximum Gasteiger partial charge on any atom is 0.242 e. The molecule has 8 heteroatoms. The van der Waals surface area contributed by atoms with Gasteiger partial charge in [0, 0.05) is 37.4 Å². The molecule has 4 heterocycles. The van der Waals surface area contributed by atoms with Gasteiger partial charge in [-0.05, 0) is 29.7 Å². The largest absolute Gasteiger partial charge is 0.618 e. The van der Waals surface area contributed by atoms with Gasteiger partial charge < -0.3 is 10.5 Å². The number of rotatable bonds is 4. The minimum Gasteiger partial charge on any atom is -0.618 e. The number of likely N-dealkylation sites (N-methyl/N-ethyl adjacent to an activating group) is 1. The van der Waals surface area contributed by atoms with Crippen molar-refractivity contribution in [2.75, 3.05) is 18.9 Å². The number of fused-ring (bicyclic) bond motifs is 1. The molecular formula is C19H21N7O. The maximum atomic E-state index is 12.4. The number of hydrogen-bond acceptors (Lipinski definition) is 7. The number of anilines is 2. The van der Waals surface area contributed by atoms with Crippen LogP contribution in [0.1, 0.15) is 36.8 Å². The Balaban J connectivity index is 1.67. The van der Waals surface area contributed by atoms with E-state index >= 15 is 0 Å². The van der Waals surface area contributed by atoms with Crippen LogP contribution >= 0.6 is 0 Å². The van der Waals surface area contributed by atoms with Crippen LogP contribution in [0.15, 0.2) is 41.8 Å². The van der Waals surface area contributed by atoms with Crippen LogP contribution in [0.2, 0.25) is 0 Å². The molecule has 3 aromatic rings. The van der Waals surface area contributed by atoms with Crippen LogP contribution in [0.3, 0.4) is 0 Å². The molecule has 1 aliphatic heterocycles. The van der Waals surface area contributed by atoms with Gasteiger partial charge in [0.05, 0.1) is 6.20 Å². The van der Waals surface area contributed by atoms with E-state index in [9.17, 15) is 5.21 Å². The van der Waals surface area contributed by atoms with E-state index in [0.717, 1.165) is 22.4 Å². The highest BCUT2D eigenvalue weighted by Crippen LogP contribution is 2.23. The van der Waals surface area contributed by atoms with E-state index in [4.69, 9.17) is 0 Å². The lowest BCUT2D eigenvalue weighted by molar-refractivity contribution is -0.577. The number of nitrogens with zero attached hydrogens (tertiary/aromatic N) is 6.